The Kier molecular flexibility index (Phi) is 5.85. The van der Waals surface area contributed by atoms with Crippen molar-refractivity contribution in [2.24, 2.45) is 0 Å². The number of aryl methyl sites for hydroxylation is 1. The van der Waals surface area contributed by atoms with Crippen LogP contribution in [0.1, 0.15) is 32.0 Å². The van der Waals surface area contributed by atoms with E-state index in [0.29, 0.717) is 0 Å². The molecule has 0 fully saturated rings. The van der Waals surface area contributed by atoms with Gasteiger partial charge >= 0.3 is 0 Å². The van der Waals surface area contributed by atoms with Crippen molar-refractivity contribution in [1.82, 2.24) is 9.97 Å². The maximum absolute atomic E-state index is 4.15. The van der Waals surface area contributed by atoms with Gasteiger partial charge in [-0.25, -0.2) is 9.97 Å². The summed E-state index contributed by atoms with van der Waals surface area (Å²) in [5.41, 5.74) is 2.27. The van der Waals surface area contributed by atoms with Gasteiger partial charge in [-0.1, -0.05) is 20.8 Å². The second kappa shape index (κ2) is 6.40. The van der Waals surface area contributed by atoms with Crippen molar-refractivity contribution in [2.45, 2.75) is 34.1 Å². The Morgan fingerprint density at radius 1 is 1.31 bits per heavy atom. The summed E-state index contributed by atoms with van der Waals surface area (Å²) in [6, 6.07) is 0. The summed E-state index contributed by atoms with van der Waals surface area (Å²) < 4.78 is 0. The molecule has 3 heteroatoms. The Bertz CT molecular complexity index is 224. The van der Waals surface area contributed by atoms with Crippen LogP contribution in [-0.4, -0.2) is 17.0 Å². The molecule has 0 saturated carbocycles. The molecule has 74 valence electrons. The molecule has 0 amide bonds. The third kappa shape index (κ3) is 3.01. The lowest BCUT2D eigenvalue weighted by molar-refractivity contribution is 0.971. The van der Waals surface area contributed by atoms with Gasteiger partial charge in [-0.05, 0) is 13.3 Å². The molecule has 1 rings (SSSR count). The van der Waals surface area contributed by atoms with Crippen molar-refractivity contribution in [3.8, 4) is 0 Å². The zero-order valence-corrected chi connectivity index (χ0v) is 9.18. The summed E-state index contributed by atoms with van der Waals surface area (Å²) in [5.74, 6) is 0.928. The average Bonchev–Trinajstić information content (AvgIpc) is 2.21. The van der Waals surface area contributed by atoms with Crippen molar-refractivity contribution < 1.29 is 0 Å². The van der Waals surface area contributed by atoms with Crippen molar-refractivity contribution >= 4 is 5.82 Å². The van der Waals surface area contributed by atoms with Crippen LogP contribution in [0.2, 0.25) is 0 Å². The number of hydrogen-bond donors (Lipinski definition) is 1. The van der Waals surface area contributed by atoms with Crippen molar-refractivity contribution in [2.75, 3.05) is 12.4 Å². The minimum absolute atomic E-state index is 0.928. The second-order valence-electron chi connectivity index (χ2n) is 2.40. The van der Waals surface area contributed by atoms with Gasteiger partial charge in [-0.2, -0.15) is 0 Å². The van der Waals surface area contributed by atoms with E-state index in [1.807, 2.05) is 27.8 Å². The third-order valence-electron chi connectivity index (χ3n) is 1.76. The van der Waals surface area contributed by atoms with E-state index in [4.69, 9.17) is 0 Å². The van der Waals surface area contributed by atoms with Gasteiger partial charge in [-0.3, -0.25) is 0 Å². The standard InChI is InChI=1S/C8H13N3.C2H6/c1-4-7-6(2)8(9-3)11-5-10-7;1-2/h5H,4H2,1-3H3,(H,9,10,11);1-2H3. The maximum Gasteiger partial charge on any atom is 0.132 e. The summed E-state index contributed by atoms with van der Waals surface area (Å²) in [7, 11) is 1.87. The topological polar surface area (TPSA) is 37.8 Å². The lowest BCUT2D eigenvalue weighted by atomic mass is 10.2. The molecule has 1 aromatic heterocycles. The molecule has 1 heterocycles. The minimum Gasteiger partial charge on any atom is -0.373 e. The van der Waals surface area contributed by atoms with Crippen LogP contribution in [0.25, 0.3) is 0 Å². The number of aromatic nitrogens is 2. The predicted octanol–water partition coefficient (Wildman–Crippen LogP) is 2.42. The molecule has 0 bridgehead atoms. The molecular formula is C10H19N3. The fraction of sp³-hybridized carbons (Fsp3) is 0.600. The van der Waals surface area contributed by atoms with E-state index in [1.54, 1.807) is 6.33 Å². The van der Waals surface area contributed by atoms with Crippen LogP contribution in [0.5, 0.6) is 0 Å². The normalized spacial score (nSPS) is 8.69. The third-order valence-corrected chi connectivity index (χ3v) is 1.76. The van der Waals surface area contributed by atoms with Crippen molar-refractivity contribution in [1.29, 1.82) is 0 Å². The number of rotatable bonds is 2. The zero-order chi connectivity index (χ0) is 10.3. The highest BCUT2D eigenvalue weighted by Gasteiger charge is 2.01. The van der Waals surface area contributed by atoms with E-state index in [9.17, 15) is 0 Å². The van der Waals surface area contributed by atoms with Crippen LogP contribution in [0.4, 0.5) is 5.82 Å². The first-order valence-electron chi connectivity index (χ1n) is 4.77. The van der Waals surface area contributed by atoms with Gasteiger partial charge in [0.05, 0.1) is 0 Å². The van der Waals surface area contributed by atoms with Crippen LogP contribution in [0, 0.1) is 6.92 Å². The summed E-state index contributed by atoms with van der Waals surface area (Å²) in [6.07, 6.45) is 2.56. The van der Waals surface area contributed by atoms with Gasteiger partial charge in [-0.15, -0.1) is 0 Å². The largest absolute Gasteiger partial charge is 0.373 e. The molecule has 1 N–H and O–H groups in total. The van der Waals surface area contributed by atoms with Gasteiger partial charge in [0, 0.05) is 18.3 Å². The molecule has 1 aromatic rings. The molecule has 0 aliphatic heterocycles. The second-order valence-corrected chi connectivity index (χ2v) is 2.40. The Labute approximate surface area is 80.6 Å². The fourth-order valence-corrected chi connectivity index (χ4v) is 1.10. The average molecular weight is 181 g/mol. The molecule has 0 aliphatic rings. The Morgan fingerprint density at radius 3 is 2.38 bits per heavy atom. The van der Waals surface area contributed by atoms with E-state index in [-0.39, 0.29) is 0 Å². The lowest BCUT2D eigenvalue weighted by Crippen LogP contribution is -2.00. The maximum atomic E-state index is 4.15. The van der Waals surface area contributed by atoms with Gasteiger partial charge in [0.1, 0.15) is 12.1 Å². The van der Waals surface area contributed by atoms with E-state index in [2.05, 4.69) is 22.2 Å². The van der Waals surface area contributed by atoms with E-state index in [1.165, 1.54) is 0 Å². The van der Waals surface area contributed by atoms with Crippen LogP contribution in [0.3, 0.4) is 0 Å². The first-order chi connectivity index (χ1) is 6.29. The molecular weight excluding hydrogens is 162 g/mol. The Morgan fingerprint density at radius 2 is 1.92 bits per heavy atom. The fourth-order valence-electron chi connectivity index (χ4n) is 1.10. The highest BCUT2D eigenvalue weighted by Crippen LogP contribution is 2.12. The van der Waals surface area contributed by atoms with Crippen LogP contribution >= 0.6 is 0 Å². The van der Waals surface area contributed by atoms with E-state index < -0.39 is 0 Å². The van der Waals surface area contributed by atoms with Gasteiger partial charge < -0.3 is 5.32 Å². The Hall–Kier alpha value is -1.12. The molecule has 0 saturated heterocycles. The smallest absolute Gasteiger partial charge is 0.132 e. The molecule has 0 spiro atoms. The number of hydrogen-bond acceptors (Lipinski definition) is 3. The molecule has 13 heavy (non-hydrogen) atoms. The van der Waals surface area contributed by atoms with Crippen LogP contribution in [0.15, 0.2) is 6.33 Å². The molecule has 0 unspecified atom stereocenters. The Balaban J connectivity index is 0.000000671. The first kappa shape index (κ1) is 11.9. The molecule has 0 aliphatic carbocycles. The number of anilines is 1. The molecule has 0 atom stereocenters. The molecule has 0 aromatic carbocycles. The predicted molar refractivity (Wildman–Crippen MR) is 57.0 cm³/mol. The summed E-state index contributed by atoms with van der Waals surface area (Å²) >= 11 is 0. The van der Waals surface area contributed by atoms with Crippen molar-refractivity contribution in [3.63, 3.8) is 0 Å². The van der Waals surface area contributed by atoms with Crippen LogP contribution < -0.4 is 5.32 Å². The minimum atomic E-state index is 0.928. The van der Waals surface area contributed by atoms with Crippen molar-refractivity contribution in [3.05, 3.63) is 17.6 Å². The SMILES string of the molecule is CC.CCc1ncnc(NC)c1C. The molecule has 3 nitrogen and oxygen atoms in total. The van der Waals surface area contributed by atoms with Gasteiger partial charge in [0.15, 0.2) is 0 Å². The quantitative estimate of drug-likeness (QED) is 0.761. The first-order valence-corrected chi connectivity index (χ1v) is 4.77. The highest BCUT2D eigenvalue weighted by molar-refractivity contribution is 5.43. The summed E-state index contributed by atoms with van der Waals surface area (Å²) in [5, 5.41) is 3.02. The zero-order valence-electron chi connectivity index (χ0n) is 9.18. The van der Waals surface area contributed by atoms with Crippen LogP contribution in [-0.2, 0) is 6.42 Å². The highest BCUT2D eigenvalue weighted by atomic mass is 15.0. The summed E-state index contributed by atoms with van der Waals surface area (Å²) in [4.78, 5) is 8.24. The number of nitrogens with one attached hydrogen (secondary N) is 1. The summed E-state index contributed by atoms with van der Waals surface area (Å²) in [6.45, 7) is 8.12. The van der Waals surface area contributed by atoms with Gasteiger partial charge in [0.2, 0.25) is 0 Å². The number of nitrogens with zero attached hydrogens (tertiary/aromatic N) is 2. The monoisotopic (exact) mass is 181 g/mol. The van der Waals surface area contributed by atoms with E-state index >= 15 is 0 Å². The van der Waals surface area contributed by atoms with E-state index in [0.717, 1.165) is 23.5 Å². The lowest BCUT2D eigenvalue weighted by Gasteiger charge is -2.05. The molecule has 0 radical (unpaired) electrons. The van der Waals surface area contributed by atoms with Gasteiger partial charge in [0.25, 0.3) is 0 Å².